The first kappa shape index (κ1) is 23.0. The number of benzene rings is 3. The van der Waals surface area contributed by atoms with Gasteiger partial charge in [0, 0.05) is 22.5 Å². The molecule has 164 valence electrons. The minimum atomic E-state index is -0.319. The van der Waals surface area contributed by atoms with E-state index in [-0.39, 0.29) is 23.0 Å². The number of carbonyl (C=O) groups is 2. The molecule has 3 N–H and O–H groups in total. The molecule has 0 heterocycles. The lowest BCUT2D eigenvalue weighted by Gasteiger charge is -2.12. The van der Waals surface area contributed by atoms with E-state index in [0.717, 1.165) is 5.56 Å². The normalized spacial score (nSPS) is 10.4. The summed E-state index contributed by atoms with van der Waals surface area (Å²) in [5, 5.41) is 8.64. The molecule has 0 aliphatic heterocycles. The number of hydrogen-bond donors (Lipinski definition) is 3. The van der Waals surface area contributed by atoms with Gasteiger partial charge in [-0.1, -0.05) is 17.7 Å². The van der Waals surface area contributed by atoms with Crippen molar-refractivity contribution in [2.75, 3.05) is 10.6 Å². The van der Waals surface area contributed by atoms with Gasteiger partial charge in [0.25, 0.3) is 11.8 Å². The van der Waals surface area contributed by atoms with Crippen LogP contribution in [0.4, 0.5) is 11.4 Å². The van der Waals surface area contributed by atoms with E-state index in [2.05, 4.69) is 16.0 Å². The van der Waals surface area contributed by atoms with E-state index in [9.17, 15) is 9.59 Å². The fraction of sp³-hybridized carbons (Fsp3) is 0.160. The first-order valence-electron chi connectivity index (χ1n) is 10.2. The van der Waals surface area contributed by atoms with Gasteiger partial charge in [0.15, 0.2) is 5.11 Å². The molecule has 3 rings (SSSR count). The molecule has 0 fully saturated rings. The van der Waals surface area contributed by atoms with E-state index < -0.39 is 0 Å². The Kier molecular flexibility index (Phi) is 7.57. The highest BCUT2D eigenvalue weighted by atomic mass is 32.1. The Morgan fingerprint density at radius 2 is 1.44 bits per heavy atom. The van der Waals surface area contributed by atoms with Crippen LogP contribution < -0.4 is 20.7 Å². The van der Waals surface area contributed by atoms with Crippen molar-refractivity contribution < 1.29 is 14.3 Å². The Bertz CT molecular complexity index is 1110. The number of rotatable bonds is 6. The van der Waals surface area contributed by atoms with Gasteiger partial charge in [-0.25, -0.2) is 0 Å². The van der Waals surface area contributed by atoms with E-state index in [1.807, 2.05) is 39.0 Å². The Morgan fingerprint density at radius 1 is 0.812 bits per heavy atom. The van der Waals surface area contributed by atoms with Crippen LogP contribution in [0.15, 0.2) is 72.8 Å². The molecule has 0 spiro atoms. The summed E-state index contributed by atoms with van der Waals surface area (Å²) in [6.07, 6.45) is 0.0636. The van der Waals surface area contributed by atoms with Crippen LogP contribution in [0.25, 0.3) is 0 Å². The third-order valence-corrected chi connectivity index (χ3v) is 4.60. The Labute approximate surface area is 193 Å². The van der Waals surface area contributed by atoms with Gasteiger partial charge in [-0.3, -0.25) is 14.9 Å². The maximum atomic E-state index is 12.4. The SMILES string of the molecule is Cc1cccc(C(=O)Nc2ccc(NC(=S)NC(=O)c3ccc(OC(C)C)cc3)cc2)c1. The van der Waals surface area contributed by atoms with Crippen molar-refractivity contribution in [3.63, 3.8) is 0 Å². The smallest absolute Gasteiger partial charge is 0.257 e. The molecule has 0 atom stereocenters. The molecule has 0 aliphatic rings. The summed E-state index contributed by atoms with van der Waals surface area (Å²) in [7, 11) is 0. The molecule has 0 saturated carbocycles. The molecule has 2 amide bonds. The van der Waals surface area contributed by atoms with Crippen molar-refractivity contribution >= 4 is 40.5 Å². The van der Waals surface area contributed by atoms with E-state index >= 15 is 0 Å². The van der Waals surface area contributed by atoms with Crippen molar-refractivity contribution in [3.8, 4) is 5.75 Å². The monoisotopic (exact) mass is 447 g/mol. The maximum Gasteiger partial charge on any atom is 0.257 e. The van der Waals surface area contributed by atoms with Gasteiger partial charge in [-0.05, 0) is 93.7 Å². The van der Waals surface area contributed by atoms with Crippen LogP contribution in [0.1, 0.15) is 40.1 Å². The summed E-state index contributed by atoms with van der Waals surface area (Å²) in [5.41, 5.74) is 3.43. The summed E-state index contributed by atoms with van der Waals surface area (Å²) in [6, 6.07) is 21.3. The standard InChI is InChI=1S/C25H25N3O3S/c1-16(2)31-22-13-7-18(8-14-22)23(29)28-25(32)27-21-11-9-20(10-12-21)26-24(30)19-6-4-5-17(3)15-19/h4-16H,1-3H3,(H,26,30)(H2,27,28,29,32). The van der Waals surface area contributed by atoms with Crippen LogP contribution in [0.2, 0.25) is 0 Å². The lowest BCUT2D eigenvalue weighted by Crippen LogP contribution is -2.34. The second-order valence-corrected chi connectivity index (χ2v) is 7.91. The summed E-state index contributed by atoms with van der Waals surface area (Å²) in [4.78, 5) is 24.7. The Balaban J connectivity index is 1.53. The molecule has 3 aromatic carbocycles. The van der Waals surface area contributed by atoms with Crippen molar-refractivity contribution in [2.45, 2.75) is 26.9 Å². The van der Waals surface area contributed by atoms with Crippen molar-refractivity contribution in [2.24, 2.45) is 0 Å². The Hall–Kier alpha value is -3.71. The molecule has 0 unspecified atom stereocenters. The number of nitrogens with one attached hydrogen (secondary N) is 3. The molecule has 0 aliphatic carbocycles. The maximum absolute atomic E-state index is 12.4. The summed E-state index contributed by atoms with van der Waals surface area (Å²) in [6.45, 7) is 5.82. The van der Waals surface area contributed by atoms with E-state index in [4.69, 9.17) is 17.0 Å². The highest BCUT2D eigenvalue weighted by Crippen LogP contribution is 2.16. The number of aryl methyl sites for hydroxylation is 1. The third-order valence-electron chi connectivity index (χ3n) is 4.40. The first-order valence-corrected chi connectivity index (χ1v) is 10.6. The predicted octanol–water partition coefficient (Wildman–Crippen LogP) is 5.16. The van der Waals surface area contributed by atoms with E-state index in [1.165, 1.54) is 0 Å². The highest BCUT2D eigenvalue weighted by Gasteiger charge is 2.10. The zero-order chi connectivity index (χ0) is 23.1. The quantitative estimate of drug-likeness (QED) is 0.455. The second-order valence-electron chi connectivity index (χ2n) is 7.50. The summed E-state index contributed by atoms with van der Waals surface area (Å²) >= 11 is 5.24. The van der Waals surface area contributed by atoms with Gasteiger partial charge < -0.3 is 15.4 Å². The third kappa shape index (κ3) is 6.65. The fourth-order valence-corrected chi connectivity index (χ4v) is 3.13. The second kappa shape index (κ2) is 10.5. The van der Waals surface area contributed by atoms with Crippen molar-refractivity contribution in [1.29, 1.82) is 0 Å². The van der Waals surface area contributed by atoms with Crippen molar-refractivity contribution in [3.05, 3.63) is 89.5 Å². The van der Waals surface area contributed by atoms with Crippen molar-refractivity contribution in [1.82, 2.24) is 5.32 Å². The topological polar surface area (TPSA) is 79.5 Å². The molecule has 0 radical (unpaired) electrons. The molecule has 0 aromatic heterocycles. The molecule has 7 heteroatoms. The number of anilines is 2. The van der Waals surface area contributed by atoms with E-state index in [0.29, 0.717) is 28.3 Å². The van der Waals surface area contributed by atoms with Crippen LogP contribution in [0, 0.1) is 6.92 Å². The minimum Gasteiger partial charge on any atom is -0.491 e. The van der Waals surface area contributed by atoms with Gasteiger partial charge >= 0.3 is 0 Å². The van der Waals surface area contributed by atoms with Crippen LogP contribution >= 0.6 is 12.2 Å². The number of thiocarbonyl (C=S) groups is 1. The van der Waals surface area contributed by atoms with Crippen LogP contribution in [-0.4, -0.2) is 23.0 Å². The zero-order valence-corrected chi connectivity index (χ0v) is 19.0. The predicted molar refractivity (Wildman–Crippen MR) is 131 cm³/mol. The Morgan fingerprint density at radius 3 is 2.03 bits per heavy atom. The molecule has 0 saturated heterocycles. The average molecular weight is 448 g/mol. The highest BCUT2D eigenvalue weighted by molar-refractivity contribution is 7.80. The average Bonchev–Trinajstić information content (AvgIpc) is 2.75. The largest absolute Gasteiger partial charge is 0.491 e. The number of amides is 2. The summed E-state index contributed by atoms with van der Waals surface area (Å²) in [5.74, 6) is 0.203. The number of hydrogen-bond acceptors (Lipinski definition) is 4. The number of carbonyl (C=O) groups excluding carboxylic acids is 2. The molecule has 0 bridgehead atoms. The number of ether oxygens (including phenoxy) is 1. The van der Waals surface area contributed by atoms with Crippen LogP contribution in [0.5, 0.6) is 5.75 Å². The van der Waals surface area contributed by atoms with Gasteiger partial charge in [0.1, 0.15) is 5.75 Å². The molecular formula is C25H25N3O3S. The summed E-state index contributed by atoms with van der Waals surface area (Å²) < 4.78 is 5.58. The zero-order valence-electron chi connectivity index (χ0n) is 18.1. The van der Waals surface area contributed by atoms with Gasteiger partial charge in [0.2, 0.25) is 0 Å². The van der Waals surface area contributed by atoms with Gasteiger partial charge in [-0.15, -0.1) is 0 Å². The lowest BCUT2D eigenvalue weighted by atomic mass is 10.1. The van der Waals surface area contributed by atoms with Crippen LogP contribution in [-0.2, 0) is 0 Å². The molecular weight excluding hydrogens is 422 g/mol. The first-order chi connectivity index (χ1) is 15.3. The fourth-order valence-electron chi connectivity index (χ4n) is 2.92. The van der Waals surface area contributed by atoms with Gasteiger partial charge in [0.05, 0.1) is 6.10 Å². The molecule has 3 aromatic rings. The lowest BCUT2D eigenvalue weighted by molar-refractivity contribution is 0.0976. The molecule has 6 nitrogen and oxygen atoms in total. The van der Waals surface area contributed by atoms with Gasteiger partial charge in [-0.2, -0.15) is 0 Å². The van der Waals surface area contributed by atoms with Crippen LogP contribution in [0.3, 0.4) is 0 Å². The molecule has 32 heavy (non-hydrogen) atoms. The minimum absolute atomic E-state index is 0.0636. The van der Waals surface area contributed by atoms with E-state index in [1.54, 1.807) is 54.6 Å².